The molecule has 26 heavy (non-hydrogen) atoms. The fourth-order valence-corrected chi connectivity index (χ4v) is 3.24. The van der Waals surface area contributed by atoms with Crippen LogP contribution in [0, 0.1) is 0 Å². The van der Waals surface area contributed by atoms with Crippen LogP contribution < -0.4 is 5.32 Å². The minimum atomic E-state index is -0.786. The minimum absolute atomic E-state index is 0.123. The van der Waals surface area contributed by atoms with Gasteiger partial charge < -0.3 is 15.5 Å². The molecule has 0 saturated heterocycles. The standard InChI is InChI=1S/C22H24N2O2/c1-3-4-7-17(23-2)13-15-10-11-21(25)16(12-15)14-19-18-8-5-6-9-20(18)24-22(19)26/h3,5-6,8-12,14,17,22,24-26H,1-2,4,7,13H2/b19-14+. The van der Waals surface area contributed by atoms with E-state index in [2.05, 4.69) is 23.6 Å². The van der Waals surface area contributed by atoms with Gasteiger partial charge in [0.2, 0.25) is 0 Å². The second-order valence-corrected chi connectivity index (χ2v) is 6.49. The lowest BCUT2D eigenvalue weighted by atomic mass is 9.98. The Morgan fingerprint density at radius 3 is 2.81 bits per heavy atom. The highest BCUT2D eigenvalue weighted by molar-refractivity contribution is 5.94. The summed E-state index contributed by atoms with van der Waals surface area (Å²) in [5, 5.41) is 23.6. The Bertz CT molecular complexity index is 842. The molecule has 0 spiro atoms. The van der Waals surface area contributed by atoms with E-state index in [0.29, 0.717) is 5.56 Å². The minimum Gasteiger partial charge on any atom is -0.507 e. The number of nitrogens with zero attached hydrogens (tertiary/aromatic N) is 1. The summed E-state index contributed by atoms with van der Waals surface area (Å²) < 4.78 is 0. The van der Waals surface area contributed by atoms with Gasteiger partial charge in [-0.25, -0.2) is 0 Å². The van der Waals surface area contributed by atoms with Crippen LogP contribution in [0.2, 0.25) is 0 Å². The van der Waals surface area contributed by atoms with Gasteiger partial charge in [-0.3, -0.25) is 4.99 Å². The van der Waals surface area contributed by atoms with E-state index in [1.807, 2.05) is 48.6 Å². The first kappa shape index (κ1) is 18.0. The van der Waals surface area contributed by atoms with Gasteiger partial charge >= 0.3 is 0 Å². The number of nitrogens with one attached hydrogen (secondary N) is 1. The number of para-hydroxylation sites is 1. The summed E-state index contributed by atoms with van der Waals surface area (Å²) in [7, 11) is 0. The van der Waals surface area contributed by atoms with Gasteiger partial charge in [-0.15, -0.1) is 6.58 Å². The van der Waals surface area contributed by atoms with Gasteiger partial charge in [-0.05, 0) is 55.8 Å². The van der Waals surface area contributed by atoms with E-state index in [1.54, 1.807) is 6.07 Å². The molecule has 2 atom stereocenters. The summed E-state index contributed by atoms with van der Waals surface area (Å²) in [5.74, 6) is 0.187. The van der Waals surface area contributed by atoms with Crippen LogP contribution in [-0.2, 0) is 6.42 Å². The Balaban J connectivity index is 1.89. The number of phenols is 1. The van der Waals surface area contributed by atoms with Crippen LogP contribution in [0.4, 0.5) is 5.69 Å². The molecule has 0 aromatic heterocycles. The summed E-state index contributed by atoms with van der Waals surface area (Å²) in [4.78, 5) is 4.19. The number of aliphatic hydroxyl groups is 1. The number of phenolic OH excluding ortho intramolecular Hbond substituents is 1. The van der Waals surface area contributed by atoms with Crippen LogP contribution in [0.5, 0.6) is 5.75 Å². The van der Waals surface area contributed by atoms with Gasteiger partial charge in [0.1, 0.15) is 5.75 Å². The Hall–Kier alpha value is -2.85. The average Bonchev–Trinajstić information content (AvgIpc) is 2.96. The van der Waals surface area contributed by atoms with Gasteiger partial charge in [0.05, 0.1) is 6.04 Å². The molecule has 3 N–H and O–H groups in total. The second-order valence-electron chi connectivity index (χ2n) is 6.49. The van der Waals surface area contributed by atoms with Crippen LogP contribution >= 0.6 is 0 Å². The number of aliphatic hydroxyl groups excluding tert-OH is 1. The van der Waals surface area contributed by atoms with Crippen molar-refractivity contribution in [1.29, 1.82) is 0 Å². The lowest BCUT2D eigenvalue weighted by molar-refractivity contribution is 0.266. The van der Waals surface area contributed by atoms with Crippen molar-refractivity contribution in [2.24, 2.45) is 4.99 Å². The summed E-state index contributed by atoms with van der Waals surface area (Å²) >= 11 is 0. The van der Waals surface area contributed by atoms with Gasteiger partial charge in [0, 0.05) is 22.4 Å². The molecule has 134 valence electrons. The molecule has 3 rings (SSSR count). The summed E-state index contributed by atoms with van der Waals surface area (Å²) in [6.45, 7) is 7.43. The van der Waals surface area contributed by atoms with Crippen molar-refractivity contribution >= 4 is 24.1 Å². The zero-order valence-electron chi connectivity index (χ0n) is 14.7. The molecule has 1 heterocycles. The molecule has 1 aliphatic heterocycles. The van der Waals surface area contributed by atoms with Crippen molar-refractivity contribution in [1.82, 2.24) is 0 Å². The molecule has 0 aliphatic carbocycles. The summed E-state index contributed by atoms with van der Waals surface area (Å²) in [6, 6.07) is 13.4. The molecule has 0 fully saturated rings. The number of hydrogen-bond donors (Lipinski definition) is 3. The molecule has 0 radical (unpaired) electrons. The average molecular weight is 348 g/mol. The van der Waals surface area contributed by atoms with Crippen LogP contribution in [-0.4, -0.2) is 29.2 Å². The van der Waals surface area contributed by atoms with E-state index < -0.39 is 6.23 Å². The summed E-state index contributed by atoms with van der Waals surface area (Å²) in [6.07, 6.45) is 5.49. The molecule has 2 aromatic carbocycles. The third-order valence-electron chi connectivity index (χ3n) is 4.66. The van der Waals surface area contributed by atoms with Crippen LogP contribution in [0.15, 0.2) is 60.1 Å². The largest absolute Gasteiger partial charge is 0.507 e. The number of fused-ring (bicyclic) bond motifs is 1. The lowest BCUT2D eigenvalue weighted by Gasteiger charge is -2.12. The number of hydrogen-bond acceptors (Lipinski definition) is 4. The maximum atomic E-state index is 10.3. The Morgan fingerprint density at radius 2 is 2.04 bits per heavy atom. The van der Waals surface area contributed by atoms with Gasteiger partial charge in [0.15, 0.2) is 6.23 Å². The third-order valence-corrected chi connectivity index (χ3v) is 4.66. The monoisotopic (exact) mass is 348 g/mol. The first-order valence-electron chi connectivity index (χ1n) is 8.76. The smallest absolute Gasteiger partial charge is 0.151 e. The zero-order valence-corrected chi connectivity index (χ0v) is 14.7. The Labute approximate surface area is 154 Å². The van der Waals surface area contributed by atoms with Crippen LogP contribution in [0.3, 0.4) is 0 Å². The lowest BCUT2D eigenvalue weighted by Crippen LogP contribution is -2.12. The van der Waals surface area contributed by atoms with E-state index >= 15 is 0 Å². The van der Waals surface area contributed by atoms with Gasteiger partial charge in [-0.1, -0.05) is 30.3 Å². The SMILES string of the molecule is C=CCCC(Cc1ccc(O)c(/C=C2\c3ccccc3NC2O)c1)N=C. The van der Waals surface area contributed by atoms with Gasteiger partial charge in [-0.2, -0.15) is 0 Å². The first-order valence-corrected chi connectivity index (χ1v) is 8.76. The number of aromatic hydroxyl groups is 1. The highest BCUT2D eigenvalue weighted by Crippen LogP contribution is 2.36. The molecule has 0 bridgehead atoms. The van der Waals surface area contributed by atoms with E-state index in [9.17, 15) is 10.2 Å². The van der Waals surface area contributed by atoms with Crippen molar-refractivity contribution in [3.63, 3.8) is 0 Å². The van der Waals surface area contributed by atoms with Crippen molar-refractivity contribution in [3.8, 4) is 5.75 Å². The second kappa shape index (κ2) is 8.02. The van der Waals surface area contributed by atoms with Crippen molar-refractivity contribution in [2.75, 3.05) is 5.32 Å². The molecular weight excluding hydrogens is 324 g/mol. The quantitative estimate of drug-likeness (QED) is 0.517. The highest BCUT2D eigenvalue weighted by atomic mass is 16.3. The molecule has 1 aliphatic rings. The predicted octanol–water partition coefficient (Wildman–Crippen LogP) is 4.25. The third kappa shape index (κ3) is 3.86. The Morgan fingerprint density at radius 1 is 1.23 bits per heavy atom. The molecule has 4 heteroatoms. The van der Waals surface area contributed by atoms with E-state index in [1.165, 1.54) is 0 Å². The molecule has 2 unspecified atom stereocenters. The van der Waals surface area contributed by atoms with Crippen molar-refractivity contribution in [2.45, 2.75) is 31.5 Å². The predicted molar refractivity (Wildman–Crippen MR) is 109 cm³/mol. The number of rotatable bonds is 7. The molecule has 0 amide bonds. The van der Waals surface area contributed by atoms with E-state index in [-0.39, 0.29) is 11.8 Å². The molecule has 0 saturated carbocycles. The summed E-state index contributed by atoms with van der Waals surface area (Å²) in [5.41, 5.74) is 4.34. The first-order chi connectivity index (χ1) is 12.6. The topological polar surface area (TPSA) is 64.8 Å². The van der Waals surface area contributed by atoms with Crippen LogP contribution in [0.25, 0.3) is 11.6 Å². The maximum absolute atomic E-state index is 10.3. The number of anilines is 1. The number of benzene rings is 2. The van der Waals surface area contributed by atoms with E-state index in [0.717, 1.165) is 41.6 Å². The Kier molecular flexibility index (Phi) is 5.54. The van der Waals surface area contributed by atoms with E-state index in [4.69, 9.17) is 0 Å². The van der Waals surface area contributed by atoms with Crippen molar-refractivity contribution < 1.29 is 10.2 Å². The highest BCUT2D eigenvalue weighted by Gasteiger charge is 2.24. The normalized spacial score (nSPS) is 18.2. The molecule has 2 aromatic rings. The van der Waals surface area contributed by atoms with Crippen LogP contribution in [0.1, 0.15) is 29.5 Å². The molecule has 4 nitrogen and oxygen atoms in total. The zero-order chi connectivity index (χ0) is 18.5. The van der Waals surface area contributed by atoms with Crippen molar-refractivity contribution in [3.05, 3.63) is 71.8 Å². The fourth-order valence-electron chi connectivity index (χ4n) is 3.24. The number of allylic oxidation sites excluding steroid dienone is 1. The molecular formula is C22H24N2O2. The van der Waals surface area contributed by atoms with Gasteiger partial charge in [0.25, 0.3) is 0 Å². The number of aliphatic imine (C=N–C) groups is 1. The fraction of sp³-hybridized carbons (Fsp3) is 0.227. The maximum Gasteiger partial charge on any atom is 0.151 e.